The quantitative estimate of drug-likeness (QED) is 0.434. The predicted molar refractivity (Wildman–Crippen MR) is 117 cm³/mol. The molecule has 6 nitrogen and oxygen atoms in total. The fourth-order valence-electron chi connectivity index (χ4n) is 4.15. The van der Waals surface area contributed by atoms with Gasteiger partial charge in [0.1, 0.15) is 11.6 Å². The number of hydrogen-bond donors (Lipinski definition) is 2. The molecule has 4 rings (SSSR count). The Bertz CT molecular complexity index is 1190. The lowest BCUT2D eigenvalue weighted by Crippen LogP contribution is -2.17. The molecule has 2 N–H and O–H groups in total. The minimum Gasteiger partial charge on any atom is -0.494 e. The maximum atomic E-state index is 13.9. The fourth-order valence-corrected chi connectivity index (χ4v) is 4.15. The van der Waals surface area contributed by atoms with Crippen LogP contribution in [0.4, 0.5) is 4.39 Å². The van der Waals surface area contributed by atoms with Gasteiger partial charge in [0, 0.05) is 19.2 Å². The number of pyridine rings is 1. The Morgan fingerprint density at radius 1 is 1.12 bits per heavy atom. The van der Waals surface area contributed by atoms with E-state index < -0.39 is 5.97 Å². The first-order valence-electron chi connectivity index (χ1n) is 10.6. The Hall–Kier alpha value is -3.61. The number of carbonyl (C=O) groups is 1. The second-order valence-electron chi connectivity index (χ2n) is 7.94. The van der Waals surface area contributed by atoms with Crippen molar-refractivity contribution in [3.8, 4) is 5.75 Å². The summed E-state index contributed by atoms with van der Waals surface area (Å²) in [6, 6.07) is 15.7. The number of aliphatic carboxylic acids is 1. The maximum Gasteiger partial charge on any atom is 0.303 e. The molecule has 1 atom stereocenters. The Kier molecular flexibility index (Phi) is 6.54. The molecule has 0 bridgehead atoms. The van der Waals surface area contributed by atoms with Gasteiger partial charge in [-0.05, 0) is 77.4 Å². The number of hydrogen-bond acceptors (Lipinski definition) is 4. The van der Waals surface area contributed by atoms with Crippen LogP contribution in [0.5, 0.6) is 5.75 Å². The summed E-state index contributed by atoms with van der Waals surface area (Å²) in [6.45, 7) is 0.979. The normalized spacial score (nSPS) is 15.5. The van der Waals surface area contributed by atoms with Gasteiger partial charge in [-0.25, -0.2) is 4.39 Å². The highest BCUT2D eigenvalue weighted by Gasteiger charge is 2.24. The van der Waals surface area contributed by atoms with Gasteiger partial charge in [-0.1, -0.05) is 18.2 Å². The summed E-state index contributed by atoms with van der Waals surface area (Å²) >= 11 is 0. The van der Waals surface area contributed by atoms with E-state index in [4.69, 9.17) is 4.74 Å². The minimum atomic E-state index is -0.860. The van der Waals surface area contributed by atoms with Crippen LogP contribution in [0.2, 0.25) is 0 Å². The lowest BCUT2D eigenvalue weighted by atomic mass is 9.89. The average Bonchev–Trinajstić information content (AvgIpc) is 2.89. The topological polar surface area (TPSA) is 84.0 Å². The van der Waals surface area contributed by atoms with Crippen molar-refractivity contribution in [2.24, 2.45) is 4.99 Å². The second-order valence-corrected chi connectivity index (χ2v) is 7.94. The van der Waals surface area contributed by atoms with Gasteiger partial charge in [-0.15, -0.1) is 0 Å². The summed E-state index contributed by atoms with van der Waals surface area (Å²) < 4.78 is 20.8. The summed E-state index contributed by atoms with van der Waals surface area (Å²) in [5.41, 5.74) is 4.30. The van der Waals surface area contributed by atoms with Gasteiger partial charge >= 0.3 is 5.97 Å². The molecule has 0 aliphatic heterocycles. The number of aromatic nitrogens is 1. The van der Waals surface area contributed by atoms with Crippen molar-refractivity contribution >= 4 is 5.97 Å². The van der Waals surface area contributed by atoms with Crippen molar-refractivity contribution in [1.82, 2.24) is 4.73 Å². The van der Waals surface area contributed by atoms with E-state index in [1.165, 1.54) is 18.3 Å². The lowest BCUT2D eigenvalue weighted by Gasteiger charge is -2.16. The predicted octanol–water partition coefficient (Wildman–Crippen LogP) is 3.94. The summed E-state index contributed by atoms with van der Waals surface area (Å²) in [7, 11) is 0. The number of halogens is 1. The number of fused-ring (bicyclic) bond motifs is 2. The van der Waals surface area contributed by atoms with Crippen LogP contribution in [0.3, 0.4) is 0 Å². The van der Waals surface area contributed by atoms with Gasteiger partial charge in [0.15, 0.2) is 5.49 Å². The molecule has 0 spiro atoms. The molecule has 1 aromatic heterocycles. The van der Waals surface area contributed by atoms with E-state index in [1.54, 1.807) is 18.2 Å². The van der Waals surface area contributed by atoms with E-state index in [0.29, 0.717) is 37.9 Å². The highest BCUT2D eigenvalue weighted by molar-refractivity contribution is 5.68. The van der Waals surface area contributed by atoms with E-state index in [-0.39, 0.29) is 18.2 Å². The van der Waals surface area contributed by atoms with Crippen molar-refractivity contribution < 1.29 is 24.2 Å². The lowest BCUT2D eigenvalue weighted by molar-refractivity contribution is -0.137. The molecule has 2 aromatic carbocycles. The van der Waals surface area contributed by atoms with Crippen molar-refractivity contribution in [1.29, 1.82) is 0 Å². The fraction of sp³-hybridized carbons (Fsp3) is 0.280. The SMILES string of the molecule is O=C(O)CC1Cc2ccc(OCCCN=c3ccccn3O)cc2Cc2cc(F)ccc21. The summed E-state index contributed by atoms with van der Waals surface area (Å²) in [5, 5.41) is 19.0. The maximum absolute atomic E-state index is 13.9. The highest BCUT2D eigenvalue weighted by Crippen LogP contribution is 2.35. The van der Waals surface area contributed by atoms with Crippen LogP contribution >= 0.6 is 0 Å². The van der Waals surface area contributed by atoms with Crippen LogP contribution in [0.15, 0.2) is 65.8 Å². The molecule has 166 valence electrons. The first-order chi connectivity index (χ1) is 15.5. The third kappa shape index (κ3) is 5.17. The van der Waals surface area contributed by atoms with Crippen molar-refractivity contribution in [2.45, 2.75) is 31.6 Å². The van der Waals surface area contributed by atoms with Crippen LogP contribution in [0.1, 0.15) is 41.0 Å². The average molecular weight is 436 g/mol. The largest absolute Gasteiger partial charge is 0.494 e. The zero-order chi connectivity index (χ0) is 22.5. The standard InChI is InChI=1S/C25H25FN2O4/c26-21-6-8-23-19(14-21)13-18-15-22(7-5-17(18)12-20(23)16-25(29)30)32-11-3-9-27-24-4-1-2-10-28(24)31/h1-2,4-8,10,14-15,20,31H,3,9,11-13,16H2,(H,29,30). The van der Waals surface area contributed by atoms with Crippen LogP contribution in [-0.2, 0) is 17.6 Å². The molecule has 32 heavy (non-hydrogen) atoms. The minimum absolute atomic E-state index is 0.00901. The molecule has 0 saturated heterocycles. The molecule has 1 aliphatic carbocycles. The molecular weight excluding hydrogens is 411 g/mol. The Labute approximate surface area is 185 Å². The van der Waals surface area contributed by atoms with Gasteiger partial charge in [0.2, 0.25) is 0 Å². The van der Waals surface area contributed by atoms with Gasteiger partial charge in [-0.3, -0.25) is 9.79 Å². The molecule has 0 amide bonds. The Balaban J connectivity index is 1.46. The number of ether oxygens (including phenoxy) is 1. The van der Waals surface area contributed by atoms with E-state index in [2.05, 4.69) is 4.99 Å². The molecule has 7 heteroatoms. The van der Waals surface area contributed by atoms with E-state index in [9.17, 15) is 19.5 Å². The van der Waals surface area contributed by atoms with E-state index >= 15 is 0 Å². The van der Waals surface area contributed by atoms with Crippen molar-refractivity contribution in [2.75, 3.05) is 13.2 Å². The first-order valence-corrected chi connectivity index (χ1v) is 10.6. The van der Waals surface area contributed by atoms with Crippen molar-refractivity contribution in [3.63, 3.8) is 0 Å². The Morgan fingerprint density at radius 2 is 2.00 bits per heavy atom. The Morgan fingerprint density at radius 3 is 2.81 bits per heavy atom. The van der Waals surface area contributed by atoms with Gasteiger partial charge in [-0.2, -0.15) is 4.73 Å². The van der Waals surface area contributed by atoms with Gasteiger partial charge in [0.05, 0.1) is 13.0 Å². The molecular formula is C25H25FN2O4. The number of nitrogens with zero attached hydrogens (tertiary/aromatic N) is 2. The van der Waals surface area contributed by atoms with E-state index in [1.807, 2.05) is 24.3 Å². The van der Waals surface area contributed by atoms with E-state index in [0.717, 1.165) is 32.7 Å². The zero-order valence-corrected chi connectivity index (χ0v) is 17.6. The second kappa shape index (κ2) is 9.68. The molecule has 1 unspecified atom stereocenters. The first kappa shape index (κ1) is 21.6. The van der Waals surface area contributed by atoms with Crippen LogP contribution in [0, 0.1) is 5.82 Å². The molecule has 3 aromatic rings. The number of carboxylic acids is 1. The number of rotatable bonds is 7. The molecule has 0 saturated carbocycles. The summed E-state index contributed by atoms with van der Waals surface area (Å²) in [4.78, 5) is 15.7. The third-order valence-corrected chi connectivity index (χ3v) is 5.65. The monoisotopic (exact) mass is 436 g/mol. The summed E-state index contributed by atoms with van der Waals surface area (Å²) in [5.74, 6) is -0.651. The molecule has 1 aliphatic rings. The van der Waals surface area contributed by atoms with Gasteiger partial charge in [0.25, 0.3) is 0 Å². The van der Waals surface area contributed by atoms with Crippen molar-refractivity contribution in [3.05, 3.63) is 94.4 Å². The molecule has 0 fully saturated rings. The van der Waals surface area contributed by atoms with Crippen LogP contribution in [-0.4, -0.2) is 34.2 Å². The smallest absolute Gasteiger partial charge is 0.303 e. The molecule has 0 radical (unpaired) electrons. The third-order valence-electron chi connectivity index (χ3n) is 5.65. The number of carboxylic acid groups (broad SMARTS) is 1. The molecule has 1 heterocycles. The summed E-state index contributed by atoms with van der Waals surface area (Å²) in [6.07, 6.45) is 3.35. The number of benzene rings is 2. The van der Waals surface area contributed by atoms with Crippen LogP contribution < -0.4 is 10.2 Å². The zero-order valence-electron chi connectivity index (χ0n) is 17.6. The van der Waals surface area contributed by atoms with Crippen LogP contribution in [0.25, 0.3) is 0 Å². The highest BCUT2D eigenvalue weighted by atomic mass is 19.1. The van der Waals surface area contributed by atoms with Gasteiger partial charge < -0.3 is 15.1 Å².